The van der Waals surface area contributed by atoms with E-state index in [1.807, 2.05) is 79.7 Å². The van der Waals surface area contributed by atoms with Crippen LogP contribution in [0.5, 0.6) is 17.2 Å². The number of methoxy groups -OCH3 is 1. The third kappa shape index (κ3) is 5.11. The maximum Gasteiger partial charge on any atom is 0.170 e. The highest BCUT2D eigenvalue weighted by atomic mass is 16.5. The highest BCUT2D eigenvalue weighted by Crippen LogP contribution is 2.31. The lowest BCUT2D eigenvalue weighted by Gasteiger charge is -2.13. The van der Waals surface area contributed by atoms with Gasteiger partial charge in [-0.25, -0.2) is 0 Å². The number of hydrogen-bond donors (Lipinski definition) is 0. The highest BCUT2D eigenvalue weighted by Gasteiger charge is 2.09. The Morgan fingerprint density at radius 3 is 2.33 bits per heavy atom. The molecule has 0 spiro atoms. The molecule has 0 N–H and O–H groups in total. The van der Waals surface area contributed by atoms with Gasteiger partial charge >= 0.3 is 0 Å². The molecule has 0 saturated heterocycles. The predicted molar refractivity (Wildman–Crippen MR) is 109 cm³/mol. The lowest BCUT2D eigenvalue weighted by molar-refractivity contribution is 0.284. The van der Waals surface area contributed by atoms with E-state index >= 15 is 0 Å². The summed E-state index contributed by atoms with van der Waals surface area (Å²) in [5, 5.41) is 0. The first-order valence-electron chi connectivity index (χ1n) is 8.91. The van der Waals surface area contributed by atoms with E-state index < -0.39 is 0 Å². The second-order valence-corrected chi connectivity index (χ2v) is 5.84. The van der Waals surface area contributed by atoms with Gasteiger partial charge in [0, 0.05) is 11.8 Å². The van der Waals surface area contributed by atoms with E-state index in [1.54, 1.807) is 13.3 Å². The van der Waals surface area contributed by atoms with Crippen molar-refractivity contribution < 1.29 is 14.2 Å². The van der Waals surface area contributed by atoms with Gasteiger partial charge in [0.05, 0.1) is 19.4 Å². The van der Waals surface area contributed by atoms with Crippen molar-refractivity contribution in [3.8, 4) is 17.2 Å². The summed E-state index contributed by atoms with van der Waals surface area (Å²) < 4.78 is 17.0. The number of hydrogen-bond acceptors (Lipinski definition) is 4. The fraction of sp³-hybridized carbons (Fsp3) is 0.174. The Kier molecular flexibility index (Phi) is 6.47. The summed E-state index contributed by atoms with van der Waals surface area (Å²) in [6, 6.07) is 23.5. The van der Waals surface area contributed by atoms with Crippen LogP contribution in [0.1, 0.15) is 18.1 Å². The van der Waals surface area contributed by atoms with Crippen LogP contribution in [0.15, 0.2) is 77.8 Å². The number of ether oxygens (including phenoxy) is 3. The number of rotatable bonds is 8. The summed E-state index contributed by atoms with van der Waals surface area (Å²) in [4.78, 5) is 4.55. The first kappa shape index (κ1) is 18.5. The van der Waals surface area contributed by atoms with Gasteiger partial charge in [-0.2, -0.15) is 0 Å². The van der Waals surface area contributed by atoms with Gasteiger partial charge in [-0.1, -0.05) is 36.4 Å². The summed E-state index contributed by atoms with van der Waals surface area (Å²) in [6.45, 7) is 3.07. The molecule has 138 valence electrons. The standard InChI is InChI=1S/C23H23NO3/c1-3-26-21-14-12-20(13-15-21)24-16-19-10-7-11-22(25-2)23(19)27-17-18-8-5-4-6-9-18/h4-16H,3,17H2,1-2H3. The number of nitrogens with zero attached hydrogens (tertiary/aromatic N) is 1. The van der Waals surface area contributed by atoms with Crippen LogP contribution in [0.2, 0.25) is 0 Å². The zero-order valence-electron chi connectivity index (χ0n) is 15.6. The molecule has 0 radical (unpaired) electrons. The molecule has 0 bridgehead atoms. The van der Waals surface area contributed by atoms with Gasteiger partial charge in [0.1, 0.15) is 12.4 Å². The molecule has 4 nitrogen and oxygen atoms in total. The van der Waals surface area contributed by atoms with Crippen LogP contribution in [0.25, 0.3) is 0 Å². The van der Waals surface area contributed by atoms with E-state index in [9.17, 15) is 0 Å². The molecule has 0 heterocycles. The highest BCUT2D eigenvalue weighted by molar-refractivity contribution is 5.86. The fourth-order valence-electron chi connectivity index (χ4n) is 2.62. The number of para-hydroxylation sites is 1. The van der Waals surface area contributed by atoms with Crippen molar-refractivity contribution in [1.82, 2.24) is 0 Å². The van der Waals surface area contributed by atoms with Gasteiger partial charge in [-0.05, 0) is 48.9 Å². The molecule has 27 heavy (non-hydrogen) atoms. The van der Waals surface area contributed by atoms with E-state index in [1.165, 1.54) is 0 Å². The maximum absolute atomic E-state index is 6.05. The second-order valence-electron chi connectivity index (χ2n) is 5.84. The van der Waals surface area contributed by atoms with Crippen LogP contribution in [-0.2, 0) is 6.61 Å². The van der Waals surface area contributed by atoms with Gasteiger partial charge in [-0.3, -0.25) is 4.99 Å². The number of benzene rings is 3. The average Bonchev–Trinajstić information content (AvgIpc) is 2.73. The molecule has 0 saturated carbocycles. The first-order valence-corrected chi connectivity index (χ1v) is 8.91. The zero-order valence-corrected chi connectivity index (χ0v) is 15.6. The summed E-state index contributed by atoms with van der Waals surface area (Å²) >= 11 is 0. The van der Waals surface area contributed by atoms with Gasteiger partial charge in [0.25, 0.3) is 0 Å². The molecular weight excluding hydrogens is 338 g/mol. The van der Waals surface area contributed by atoms with Gasteiger partial charge in [0.2, 0.25) is 0 Å². The van der Waals surface area contributed by atoms with E-state index in [4.69, 9.17) is 14.2 Å². The lowest BCUT2D eigenvalue weighted by Crippen LogP contribution is -2.00. The van der Waals surface area contributed by atoms with E-state index in [0.29, 0.717) is 24.7 Å². The molecule has 0 aromatic heterocycles. The Balaban J connectivity index is 1.79. The molecule has 0 aliphatic rings. The van der Waals surface area contributed by atoms with Crippen molar-refractivity contribution in [1.29, 1.82) is 0 Å². The Labute approximate surface area is 160 Å². The zero-order chi connectivity index (χ0) is 18.9. The minimum atomic E-state index is 0.463. The van der Waals surface area contributed by atoms with Crippen molar-refractivity contribution in [3.05, 3.63) is 83.9 Å². The van der Waals surface area contributed by atoms with Gasteiger partial charge in [-0.15, -0.1) is 0 Å². The third-order valence-corrected chi connectivity index (χ3v) is 3.96. The number of aliphatic imine (C=N–C) groups is 1. The molecule has 4 heteroatoms. The minimum absolute atomic E-state index is 0.463. The molecule has 3 rings (SSSR count). The largest absolute Gasteiger partial charge is 0.494 e. The van der Waals surface area contributed by atoms with E-state index in [-0.39, 0.29) is 0 Å². The SMILES string of the molecule is CCOc1ccc(N=Cc2cccc(OC)c2OCc2ccccc2)cc1. The van der Waals surface area contributed by atoms with Crippen molar-refractivity contribution in [3.63, 3.8) is 0 Å². The Bertz CT molecular complexity index is 874. The molecule has 0 unspecified atom stereocenters. The van der Waals surface area contributed by atoms with Crippen LogP contribution in [0, 0.1) is 0 Å². The van der Waals surface area contributed by atoms with E-state index in [2.05, 4.69) is 4.99 Å². The topological polar surface area (TPSA) is 40.0 Å². The Hall–Kier alpha value is -3.27. The van der Waals surface area contributed by atoms with Crippen LogP contribution < -0.4 is 14.2 Å². The lowest BCUT2D eigenvalue weighted by atomic mass is 10.2. The van der Waals surface area contributed by atoms with Gasteiger partial charge < -0.3 is 14.2 Å². The predicted octanol–water partition coefficient (Wildman–Crippen LogP) is 5.42. The van der Waals surface area contributed by atoms with Crippen LogP contribution in [-0.4, -0.2) is 19.9 Å². The minimum Gasteiger partial charge on any atom is -0.494 e. The summed E-state index contributed by atoms with van der Waals surface area (Å²) in [7, 11) is 1.64. The smallest absolute Gasteiger partial charge is 0.170 e. The summed E-state index contributed by atoms with van der Waals surface area (Å²) in [5.41, 5.74) is 2.80. The van der Waals surface area contributed by atoms with Crippen LogP contribution >= 0.6 is 0 Å². The monoisotopic (exact) mass is 361 g/mol. The van der Waals surface area contributed by atoms with Crippen molar-refractivity contribution in [2.75, 3.05) is 13.7 Å². The van der Waals surface area contributed by atoms with Crippen molar-refractivity contribution in [2.45, 2.75) is 13.5 Å². The molecule has 0 aliphatic heterocycles. The Morgan fingerprint density at radius 1 is 0.852 bits per heavy atom. The van der Waals surface area contributed by atoms with Gasteiger partial charge in [0.15, 0.2) is 11.5 Å². The second kappa shape index (κ2) is 9.43. The normalized spacial score (nSPS) is 10.7. The van der Waals surface area contributed by atoms with E-state index in [0.717, 1.165) is 22.6 Å². The quantitative estimate of drug-likeness (QED) is 0.503. The molecule has 0 fully saturated rings. The van der Waals surface area contributed by atoms with Crippen molar-refractivity contribution >= 4 is 11.9 Å². The average molecular weight is 361 g/mol. The summed E-state index contributed by atoms with van der Waals surface area (Å²) in [5.74, 6) is 2.20. The summed E-state index contributed by atoms with van der Waals surface area (Å²) in [6.07, 6.45) is 1.79. The maximum atomic E-state index is 6.05. The molecule has 0 atom stereocenters. The first-order chi connectivity index (χ1) is 13.3. The molecule has 0 aliphatic carbocycles. The molecular formula is C23H23NO3. The van der Waals surface area contributed by atoms with Crippen LogP contribution in [0.4, 0.5) is 5.69 Å². The van der Waals surface area contributed by atoms with Crippen molar-refractivity contribution in [2.24, 2.45) is 4.99 Å². The third-order valence-electron chi connectivity index (χ3n) is 3.96. The van der Waals surface area contributed by atoms with Crippen LogP contribution in [0.3, 0.4) is 0 Å². The molecule has 0 amide bonds. The fourth-order valence-corrected chi connectivity index (χ4v) is 2.62. The Morgan fingerprint density at radius 2 is 1.63 bits per heavy atom. The molecule has 3 aromatic carbocycles. The molecule has 3 aromatic rings.